The summed E-state index contributed by atoms with van der Waals surface area (Å²) in [7, 11) is 0. The number of ether oxygens (including phenoxy) is 1. The molecule has 3 heterocycles. The Bertz CT molecular complexity index is 774. The summed E-state index contributed by atoms with van der Waals surface area (Å²) in [6.07, 6.45) is 0.360. The smallest absolute Gasteiger partial charge is 0.280 e. The van der Waals surface area contributed by atoms with Crippen molar-refractivity contribution in [3.63, 3.8) is 0 Å². The van der Waals surface area contributed by atoms with Gasteiger partial charge in [0.2, 0.25) is 5.88 Å². The zero-order valence-electron chi connectivity index (χ0n) is 12.2. The monoisotopic (exact) mass is 317 g/mol. The molecule has 0 saturated carbocycles. The van der Waals surface area contributed by atoms with Crippen molar-refractivity contribution in [1.29, 1.82) is 0 Å². The van der Waals surface area contributed by atoms with Gasteiger partial charge >= 0.3 is 0 Å². The number of alkyl halides is 2. The number of nitrogens with zero attached hydrogens (tertiary/aromatic N) is 5. The highest BCUT2D eigenvalue weighted by Gasteiger charge is 2.14. The third-order valence-corrected chi connectivity index (χ3v) is 3.19. The predicted molar refractivity (Wildman–Crippen MR) is 77.4 cm³/mol. The Kier molecular flexibility index (Phi) is 4.22. The predicted octanol–water partition coefficient (Wildman–Crippen LogP) is 2.88. The van der Waals surface area contributed by atoms with E-state index in [2.05, 4.69) is 20.3 Å². The van der Waals surface area contributed by atoms with Gasteiger partial charge in [-0.25, -0.2) is 18.4 Å². The summed E-state index contributed by atoms with van der Waals surface area (Å²) in [5.41, 5.74) is 1.63. The lowest BCUT2D eigenvalue weighted by molar-refractivity contribution is 0.146. The fraction of sp³-hybridized carbons (Fsp3) is 0.200. The standard InChI is InChI=1S/C15H13F2N5O/c1-10-13(9-23-14-4-2-3-7-18-14)22(21-20-10)11-5-6-12(15(16)17)19-8-11/h2-8,15H,9H2,1H3. The van der Waals surface area contributed by atoms with Crippen LogP contribution in [0, 0.1) is 6.92 Å². The Morgan fingerprint density at radius 3 is 2.70 bits per heavy atom. The van der Waals surface area contributed by atoms with Gasteiger partial charge in [0, 0.05) is 12.3 Å². The van der Waals surface area contributed by atoms with Crippen LogP contribution < -0.4 is 4.74 Å². The van der Waals surface area contributed by atoms with Crippen LogP contribution in [0.3, 0.4) is 0 Å². The van der Waals surface area contributed by atoms with Gasteiger partial charge in [0.05, 0.1) is 17.6 Å². The molecule has 23 heavy (non-hydrogen) atoms. The first-order chi connectivity index (χ1) is 11.1. The van der Waals surface area contributed by atoms with Gasteiger partial charge in [-0.3, -0.25) is 4.98 Å². The summed E-state index contributed by atoms with van der Waals surface area (Å²) in [5, 5.41) is 8.01. The van der Waals surface area contributed by atoms with Crippen LogP contribution in [0.15, 0.2) is 42.7 Å². The first-order valence-electron chi connectivity index (χ1n) is 6.84. The molecule has 118 valence electrons. The minimum absolute atomic E-state index is 0.201. The molecule has 0 fully saturated rings. The van der Waals surface area contributed by atoms with Crippen LogP contribution in [0.2, 0.25) is 0 Å². The van der Waals surface area contributed by atoms with Crippen molar-refractivity contribution in [2.24, 2.45) is 0 Å². The van der Waals surface area contributed by atoms with E-state index >= 15 is 0 Å². The molecule has 0 aliphatic rings. The lowest BCUT2D eigenvalue weighted by Gasteiger charge is -2.09. The highest BCUT2D eigenvalue weighted by Crippen LogP contribution is 2.19. The summed E-state index contributed by atoms with van der Waals surface area (Å²) in [5.74, 6) is 0.478. The maximum absolute atomic E-state index is 12.6. The molecular formula is C15H13F2N5O. The lowest BCUT2D eigenvalue weighted by Crippen LogP contribution is -2.08. The van der Waals surface area contributed by atoms with E-state index in [9.17, 15) is 8.78 Å². The van der Waals surface area contributed by atoms with Crippen molar-refractivity contribution < 1.29 is 13.5 Å². The van der Waals surface area contributed by atoms with Gasteiger partial charge in [-0.2, -0.15) is 0 Å². The number of halogens is 2. The number of hydrogen-bond donors (Lipinski definition) is 0. The lowest BCUT2D eigenvalue weighted by atomic mass is 10.3. The average molecular weight is 317 g/mol. The van der Waals surface area contributed by atoms with Gasteiger partial charge in [-0.05, 0) is 25.1 Å². The molecule has 0 unspecified atom stereocenters. The normalized spacial score (nSPS) is 11.0. The van der Waals surface area contributed by atoms with Crippen molar-refractivity contribution in [2.45, 2.75) is 20.0 Å². The molecule has 3 aromatic heterocycles. The second-order valence-electron chi connectivity index (χ2n) is 4.73. The Balaban J connectivity index is 1.83. The largest absolute Gasteiger partial charge is 0.471 e. The molecule has 3 rings (SSSR count). The van der Waals surface area contributed by atoms with Crippen LogP contribution in [0.4, 0.5) is 8.78 Å². The minimum Gasteiger partial charge on any atom is -0.471 e. The molecule has 0 spiro atoms. The third-order valence-electron chi connectivity index (χ3n) is 3.19. The summed E-state index contributed by atoms with van der Waals surface area (Å²) in [6, 6.07) is 8.13. The molecule has 0 amide bonds. The van der Waals surface area contributed by atoms with Crippen molar-refractivity contribution in [3.05, 3.63) is 59.8 Å². The van der Waals surface area contributed by atoms with Crippen LogP contribution in [-0.4, -0.2) is 25.0 Å². The SMILES string of the molecule is Cc1nnn(-c2ccc(C(F)F)nc2)c1COc1ccccn1. The Morgan fingerprint density at radius 1 is 1.17 bits per heavy atom. The van der Waals surface area contributed by atoms with Gasteiger partial charge in [-0.1, -0.05) is 11.3 Å². The summed E-state index contributed by atoms with van der Waals surface area (Å²) in [6.45, 7) is 1.99. The van der Waals surface area contributed by atoms with Crippen molar-refractivity contribution in [1.82, 2.24) is 25.0 Å². The second kappa shape index (κ2) is 6.47. The van der Waals surface area contributed by atoms with E-state index in [1.807, 2.05) is 6.07 Å². The molecule has 8 heteroatoms. The maximum Gasteiger partial charge on any atom is 0.280 e. The average Bonchev–Trinajstić information content (AvgIpc) is 2.95. The molecule has 0 radical (unpaired) electrons. The quantitative estimate of drug-likeness (QED) is 0.724. The van der Waals surface area contributed by atoms with Crippen molar-refractivity contribution in [3.8, 4) is 11.6 Å². The first-order valence-corrected chi connectivity index (χ1v) is 6.84. The number of hydrogen-bond acceptors (Lipinski definition) is 5. The molecule has 0 aliphatic carbocycles. The summed E-state index contributed by atoms with van der Waals surface area (Å²) < 4.78 is 32.3. The van der Waals surface area contributed by atoms with E-state index in [1.54, 1.807) is 25.3 Å². The van der Waals surface area contributed by atoms with E-state index < -0.39 is 6.43 Å². The Morgan fingerprint density at radius 2 is 2.04 bits per heavy atom. The number of aryl methyl sites for hydroxylation is 1. The van der Waals surface area contributed by atoms with E-state index in [1.165, 1.54) is 23.0 Å². The molecule has 6 nitrogen and oxygen atoms in total. The van der Waals surface area contributed by atoms with E-state index in [0.29, 0.717) is 23.0 Å². The zero-order chi connectivity index (χ0) is 16.2. The summed E-state index contributed by atoms with van der Waals surface area (Å²) in [4.78, 5) is 7.80. The van der Waals surface area contributed by atoms with Gasteiger partial charge in [0.15, 0.2) is 0 Å². The van der Waals surface area contributed by atoms with Crippen LogP contribution in [0.25, 0.3) is 5.69 Å². The molecule has 0 aliphatic heterocycles. The van der Waals surface area contributed by atoms with Gasteiger partial charge in [-0.15, -0.1) is 5.10 Å². The highest BCUT2D eigenvalue weighted by molar-refractivity contribution is 5.32. The van der Waals surface area contributed by atoms with Gasteiger partial charge < -0.3 is 4.74 Å². The molecule has 0 N–H and O–H groups in total. The zero-order valence-corrected chi connectivity index (χ0v) is 12.2. The molecule has 0 saturated heterocycles. The van der Waals surface area contributed by atoms with Gasteiger partial charge in [0.1, 0.15) is 18.0 Å². The number of pyridine rings is 2. The summed E-state index contributed by atoms with van der Waals surface area (Å²) >= 11 is 0. The molecule has 0 bridgehead atoms. The molecule has 0 aromatic carbocycles. The Labute approximate surface area is 130 Å². The van der Waals surface area contributed by atoms with E-state index in [4.69, 9.17) is 4.74 Å². The van der Waals surface area contributed by atoms with Crippen molar-refractivity contribution >= 4 is 0 Å². The Hall–Kier alpha value is -2.90. The molecular weight excluding hydrogens is 304 g/mol. The van der Waals surface area contributed by atoms with E-state index in [0.717, 1.165) is 0 Å². The van der Waals surface area contributed by atoms with E-state index in [-0.39, 0.29) is 12.3 Å². The second-order valence-corrected chi connectivity index (χ2v) is 4.73. The van der Waals surface area contributed by atoms with Gasteiger partial charge in [0.25, 0.3) is 6.43 Å². The fourth-order valence-corrected chi connectivity index (χ4v) is 1.98. The van der Waals surface area contributed by atoms with Crippen LogP contribution >= 0.6 is 0 Å². The highest BCUT2D eigenvalue weighted by atomic mass is 19.3. The van der Waals surface area contributed by atoms with Crippen LogP contribution in [0.1, 0.15) is 23.5 Å². The molecule has 3 aromatic rings. The minimum atomic E-state index is -2.60. The van der Waals surface area contributed by atoms with Crippen LogP contribution in [-0.2, 0) is 6.61 Å². The maximum atomic E-state index is 12.6. The number of rotatable bonds is 5. The topological polar surface area (TPSA) is 65.7 Å². The van der Waals surface area contributed by atoms with Crippen LogP contribution in [0.5, 0.6) is 5.88 Å². The fourth-order valence-electron chi connectivity index (χ4n) is 1.98. The first kappa shape index (κ1) is 15.0. The molecule has 0 atom stereocenters. The van der Waals surface area contributed by atoms with Crippen molar-refractivity contribution in [2.75, 3.05) is 0 Å². The number of aromatic nitrogens is 5. The third kappa shape index (κ3) is 3.31.